The summed E-state index contributed by atoms with van der Waals surface area (Å²) in [6.45, 7) is -0.264. The zero-order valence-electron chi connectivity index (χ0n) is 62.4. The lowest BCUT2D eigenvalue weighted by Gasteiger charge is -2.45. The monoisotopic (exact) mass is 1490 g/mol. The third-order valence-corrected chi connectivity index (χ3v) is 26.6. The molecule has 6 heterocycles. The van der Waals surface area contributed by atoms with Crippen LogP contribution in [0.15, 0.2) is 406 Å². The summed E-state index contributed by atoms with van der Waals surface area (Å²) >= 11 is 3.81. The van der Waals surface area contributed by atoms with E-state index in [-0.39, 0.29) is 6.71 Å². The summed E-state index contributed by atoms with van der Waals surface area (Å²) in [7, 11) is 0. The summed E-state index contributed by atoms with van der Waals surface area (Å²) in [5, 5.41) is 9.74. The lowest BCUT2D eigenvalue weighted by molar-refractivity contribution is 1.14. The number of hydrogen-bond donors (Lipinski definition) is 0. The second-order valence-corrected chi connectivity index (χ2v) is 32.6. The van der Waals surface area contributed by atoms with Crippen molar-refractivity contribution >= 4 is 164 Å². The van der Waals surface area contributed by atoms with Gasteiger partial charge in [0.05, 0.1) is 44.8 Å². The Kier molecular flexibility index (Phi) is 14.9. The van der Waals surface area contributed by atoms with Crippen LogP contribution in [0.1, 0.15) is 0 Å². The molecule has 0 unspecified atom stereocenters. The summed E-state index contributed by atoms with van der Waals surface area (Å²) in [6, 6.07) is 153. The highest BCUT2D eigenvalue weighted by molar-refractivity contribution is 7.26. The van der Waals surface area contributed by atoms with Gasteiger partial charge in [0.15, 0.2) is 0 Å². The van der Waals surface area contributed by atoms with E-state index in [0.29, 0.717) is 0 Å². The molecule has 18 aromatic carbocycles. The minimum absolute atomic E-state index is 0.264. The highest BCUT2D eigenvalue weighted by Crippen LogP contribution is 2.55. The van der Waals surface area contributed by atoms with E-state index in [1.807, 2.05) is 22.7 Å². The minimum Gasteiger partial charge on any atom is -0.311 e. The molecule has 0 radical (unpaired) electrons. The summed E-state index contributed by atoms with van der Waals surface area (Å²) < 4.78 is 10.1. The Balaban J connectivity index is 0.864. The molecule has 4 aromatic heterocycles. The molecule has 22 aromatic rings. The first-order valence-electron chi connectivity index (χ1n) is 39.6. The summed E-state index contributed by atoms with van der Waals surface area (Å²) in [6.07, 6.45) is 0. The first-order valence-corrected chi connectivity index (χ1v) is 41.2. The van der Waals surface area contributed by atoms with Crippen molar-refractivity contribution in [1.29, 1.82) is 0 Å². The van der Waals surface area contributed by atoms with Crippen molar-refractivity contribution in [2.75, 3.05) is 9.80 Å². The zero-order valence-corrected chi connectivity index (χ0v) is 64.0. The number of fused-ring (bicyclic) bond motifs is 16. The van der Waals surface area contributed by atoms with Crippen molar-refractivity contribution in [1.82, 2.24) is 9.13 Å². The lowest BCUT2D eigenvalue weighted by Crippen LogP contribution is -2.61. The molecule has 4 nitrogen and oxygen atoms in total. The lowest BCUT2D eigenvalue weighted by atomic mass is 9.33. The number of rotatable bonds is 11. The maximum Gasteiger partial charge on any atom is 0.252 e. The average molecular weight is 1500 g/mol. The van der Waals surface area contributed by atoms with Gasteiger partial charge in [-0.3, -0.25) is 0 Å². The molecular formula is C108H67BN4S2. The maximum absolute atomic E-state index is 2.69. The van der Waals surface area contributed by atoms with Gasteiger partial charge in [-0.05, 0) is 187 Å². The Morgan fingerprint density at radius 3 is 0.870 bits per heavy atom. The SMILES string of the molecule is c1ccc(-c2ccccc2-c2ccc3sc4cc5c(cc4c3c2)N(c2ccccc2-c2ccccc2)c2cc(-c3c(-n4c6ccccc6c6ccccc64)cccc3-n3c4ccccc4c4ccccc43)cc3c2B5c2cc4sc5ccc(-c6ccccc6-c6ccccc6)cc5c4cc2N3c2ccccc2-c2ccccc2)cc1. The molecule has 2 aliphatic heterocycles. The van der Waals surface area contributed by atoms with Crippen LogP contribution in [0.25, 0.3) is 173 Å². The topological polar surface area (TPSA) is 16.3 Å². The summed E-state index contributed by atoms with van der Waals surface area (Å²) in [4.78, 5) is 5.38. The van der Waals surface area contributed by atoms with Crippen molar-refractivity contribution in [2.24, 2.45) is 0 Å². The van der Waals surface area contributed by atoms with Crippen molar-refractivity contribution in [3.63, 3.8) is 0 Å². The fourth-order valence-corrected chi connectivity index (χ4v) is 21.6. The molecule has 0 saturated heterocycles. The number of benzene rings is 18. The predicted octanol–water partition coefficient (Wildman–Crippen LogP) is 28.4. The summed E-state index contributed by atoms with van der Waals surface area (Å²) in [5.74, 6) is 0. The molecule has 0 bridgehead atoms. The van der Waals surface area contributed by atoms with Crippen molar-refractivity contribution in [3.8, 4) is 89.3 Å². The number of aromatic nitrogens is 2. The van der Waals surface area contributed by atoms with Crippen molar-refractivity contribution < 1.29 is 0 Å². The Morgan fingerprint density at radius 1 is 0.183 bits per heavy atom. The standard InChI is InChI=1S/C108H67BN4S2/c1-5-30-68(31-6-1)75-38-13-15-40-77(75)72-56-58-103-85(60-72)87-64-99-89(66-105(87)114-103)109-90-67-106-88(86-61-73(57-59-104(86)115-106)78-41-16-14-39-76(78)69-32-7-2-8-33-69)65-100(90)113(92-49-24-18-43-80(92)71-36-11-4-12-37-71)102-63-74(62-101(108(102)109)112(99)91-48-23-17-42-79(91)70-34-9-3-10-35-70)107-97(110-93-50-25-19-44-81(93)82-45-20-26-51-94(82)110)54-29-55-98(107)111-95-52-27-21-46-83(95)84-47-22-28-53-96(84)111/h1-67H. The number of thiophene rings is 2. The van der Waals surface area contributed by atoms with Crippen LogP contribution in [0.2, 0.25) is 0 Å². The Bertz CT molecular complexity index is 7190. The largest absolute Gasteiger partial charge is 0.311 e. The van der Waals surface area contributed by atoms with Crippen LogP contribution in [0.3, 0.4) is 0 Å². The van der Waals surface area contributed by atoms with E-state index < -0.39 is 0 Å². The van der Waals surface area contributed by atoms with E-state index in [1.54, 1.807) is 0 Å². The quantitative estimate of drug-likeness (QED) is 0.120. The van der Waals surface area contributed by atoms with Crippen LogP contribution in [-0.4, -0.2) is 15.8 Å². The van der Waals surface area contributed by atoms with Crippen LogP contribution < -0.4 is 26.2 Å². The van der Waals surface area contributed by atoms with E-state index in [9.17, 15) is 0 Å². The predicted molar refractivity (Wildman–Crippen MR) is 493 cm³/mol. The van der Waals surface area contributed by atoms with Gasteiger partial charge >= 0.3 is 0 Å². The molecule has 0 fully saturated rings. The fraction of sp³-hybridized carbons (Fsp3) is 0. The number of anilines is 6. The van der Waals surface area contributed by atoms with Crippen molar-refractivity contribution in [3.05, 3.63) is 406 Å². The van der Waals surface area contributed by atoms with E-state index in [0.717, 1.165) is 101 Å². The van der Waals surface area contributed by atoms with Crippen LogP contribution in [0, 0.1) is 0 Å². The normalized spacial score (nSPS) is 12.5. The Morgan fingerprint density at radius 2 is 0.487 bits per heavy atom. The zero-order chi connectivity index (χ0) is 75.3. The molecule has 0 spiro atoms. The van der Waals surface area contributed by atoms with E-state index in [4.69, 9.17) is 0 Å². The molecule has 0 aliphatic carbocycles. The fourth-order valence-electron chi connectivity index (χ4n) is 19.4. The third-order valence-electron chi connectivity index (χ3n) is 24.3. The molecule has 0 saturated carbocycles. The van der Waals surface area contributed by atoms with E-state index >= 15 is 0 Å². The molecule has 24 rings (SSSR count). The van der Waals surface area contributed by atoms with Gasteiger partial charge in [0.25, 0.3) is 6.71 Å². The van der Waals surface area contributed by atoms with Gasteiger partial charge in [0.1, 0.15) is 0 Å². The molecule has 7 heteroatoms. The Hall–Kier alpha value is -14.3. The van der Waals surface area contributed by atoms with Crippen LogP contribution in [0.4, 0.5) is 34.1 Å². The molecule has 0 atom stereocenters. The molecule has 2 aliphatic rings. The van der Waals surface area contributed by atoms with Gasteiger partial charge in [-0.15, -0.1) is 22.7 Å². The minimum atomic E-state index is -0.264. The molecule has 0 N–H and O–H groups in total. The molecular weight excluding hydrogens is 1430 g/mol. The maximum atomic E-state index is 2.69. The highest BCUT2D eigenvalue weighted by atomic mass is 32.1. The van der Waals surface area contributed by atoms with Gasteiger partial charge in [0.2, 0.25) is 0 Å². The number of para-hydroxylation sites is 6. The number of hydrogen-bond acceptors (Lipinski definition) is 4. The average Bonchev–Trinajstić information content (AvgIpc) is 1.66. The van der Waals surface area contributed by atoms with Crippen LogP contribution in [-0.2, 0) is 0 Å². The smallest absolute Gasteiger partial charge is 0.252 e. The van der Waals surface area contributed by atoms with Gasteiger partial charge < -0.3 is 18.9 Å². The van der Waals surface area contributed by atoms with Crippen molar-refractivity contribution in [2.45, 2.75) is 0 Å². The summed E-state index contributed by atoms with van der Waals surface area (Å²) in [5.41, 5.74) is 33.5. The highest BCUT2D eigenvalue weighted by Gasteiger charge is 2.46. The molecule has 115 heavy (non-hydrogen) atoms. The molecule has 534 valence electrons. The second kappa shape index (κ2) is 26.1. The van der Waals surface area contributed by atoms with E-state index in [2.05, 4.69) is 425 Å². The Labute approximate surface area is 673 Å². The third kappa shape index (κ3) is 10.2. The van der Waals surface area contributed by atoms with Gasteiger partial charge in [-0.1, -0.05) is 297 Å². The van der Waals surface area contributed by atoms with Gasteiger partial charge in [-0.2, -0.15) is 0 Å². The molecule has 0 amide bonds. The van der Waals surface area contributed by atoms with Crippen LogP contribution in [0.5, 0.6) is 0 Å². The van der Waals surface area contributed by atoms with E-state index in [1.165, 1.54) is 123 Å². The number of nitrogens with zero attached hydrogens (tertiary/aromatic N) is 4. The first-order chi connectivity index (χ1) is 57.1. The first kappa shape index (κ1) is 65.4. The van der Waals surface area contributed by atoms with Crippen LogP contribution >= 0.6 is 22.7 Å². The van der Waals surface area contributed by atoms with Gasteiger partial charge in [0, 0.05) is 101 Å². The van der Waals surface area contributed by atoms with Gasteiger partial charge in [-0.25, -0.2) is 0 Å². The second-order valence-electron chi connectivity index (χ2n) is 30.5.